The van der Waals surface area contributed by atoms with Crippen LogP contribution in [0.2, 0.25) is 0 Å². The summed E-state index contributed by atoms with van der Waals surface area (Å²) < 4.78 is 44.0. The van der Waals surface area contributed by atoms with Gasteiger partial charge in [-0.15, -0.1) is 0 Å². The van der Waals surface area contributed by atoms with Gasteiger partial charge in [0.15, 0.2) is 18.9 Å². The highest BCUT2D eigenvalue weighted by Gasteiger charge is 2.79. The lowest BCUT2D eigenvalue weighted by molar-refractivity contribution is -0.393. The zero-order valence-electron chi connectivity index (χ0n) is 38.2. The molecule has 5 aliphatic carbocycles. The van der Waals surface area contributed by atoms with Crippen molar-refractivity contribution in [2.45, 2.75) is 204 Å². The molecule has 0 amide bonds. The van der Waals surface area contributed by atoms with Crippen LogP contribution in [0.4, 0.5) is 0 Å². The molecule has 4 saturated heterocycles. The van der Waals surface area contributed by atoms with Gasteiger partial charge in [-0.05, 0) is 91.8 Å². The maximum Gasteiger partial charge on any atom is 0.187 e. The summed E-state index contributed by atoms with van der Waals surface area (Å²) in [6.07, 6.45) is -10.7. The lowest BCUT2D eigenvalue weighted by Crippen LogP contribution is -2.73. The van der Waals surface area contributed by atoms with Gasteiger partial charge in [-0.1, -0.05) is 60.6 Å². The van der Waals surface area contributed by atoms with Crippen LogP contribution in [0.5, 0.6) is 0 Å². The SMILES string of the molecule is C[C@@H]1[C@@H]2[C@]3(CC[C@@H]1C)CO[C@]21C=C[C@@H]2[C@@]4(C)CC[C@@H](O[C@@H]5O[C@H](C)[C@@H](O)[C@H](O)[C@H]5O[C@@H]5O[C@H](CO)[C@H](O)[C@@H](O)[C@H]5O[C@H]5OC[C@H](O)[C@H](O)[C@H]5O)C(C)(C)[C@@H]4CC[C@]2(C)[C@@]1(C)C[C@@H]3O. The maximum atomic E-state index is 12.2. The highest BCUT2D eigenvalue weighted by atomic mass is 16.8. The Hall–Kier alpha value is -0.900. The van der Waals surface area contributed by atoms with Crippen LogP contribution < -0.4 is 0 Å². The predicted octanol–water partition coefficient (Wildman–Crippen LogP) is 1.12. The van der Waals surface area contributed by atoms with Gasteiger partial charge < -0.3 is 79.1 Å². The number of rotatable bonds is 7. The van der Waals surface area contributed by atoms with Crippen molar-refractivity contribution in [2.75, 3.05) is 19.8 Å². The number of ether oxygens (including phenoxy) is 7. The molecule has 0 unspecified atom stereocenters. The fourth-order valence-electron chi connectivity index (χ4n) is 15.8. The van der Waals surface area contributed by atoms with E-state index in [9.17, 15) is 46.0 Å². The summed E-state index contributed by atoms with van der Waals surface area (Å²) in [6.45, 7) is 17.6. The molecule has 9 aliphatic rings. The van der Waals surface area contributed by atoms with E-state index in [4.69, 9.17) is 33.2 Å². The van der Waals surface area contributed by atoms with E-state index < -0.39 is 122 Å². The normalized spacial score (nSPS) is 59.8. The molecule has 16 heteroatoms. The lowest BCUT2D eigenvalue weighted by atomic mass is 9.31. The van der Waals surface area contributed by atoms with E-state index >= 15 is 0 Å². The number of aliphatic hydroxyl groups is 9. The van der Waals surface area contributed by atoms with Gasteiger partial charge in [-0.25, -0.2) is 0 Å². The van der Waals surface area contributed by atoms with Crippen molar-refractivity contribution in [1.29, 1.82) is 0 Å². The van der Waals surface area contributed by atoms with Crippen molar-refractivity contribution in [2.24, 2.45) is 56.7 Å². The number of fused-ring (bicyclic) bond motifs is 4. The van der Waals surface area contributed by atoms with E-state index in [1.165, 1.54) is 0 Å². The molecule has 1 spiro atoms. The average Bonchev–Trinajstić information content (AvgIpc) is 3.54. The molecule has 0 aromatic rings. The van der Waals surface area contributed by atoms with E-state index in [2.05, 4.69) is 60.6 Å². The molecule has 0 radical (unpaired) electrons. The third-order valence-corrected chi connectivity index (χ3v) is 19.8. The van der Waals surface area contributed by atoms with Crippen molar-refractivity contribution >= 4 is 0 Å². The minimum atomic E-state index is -1.78. The summed E-state index contributed by atoms with van der Waals surface area (Å²) in [6, 6.07) is 0. The second kappa shape index (κ2) is 16.1. The molecule has 16 nitrogen and oxygen atoms in total. The first kappa shape index (κ1) is 47.2. The maximum absolute atomic E-state index is 12.2. The average molecular weight is 897 g/mol. The number of hydrogen-bond acceptors (Lipinski definition) is 16. The molecule has 26 atom stereocenters. The van der Waals surface area contributed by atoms with E-state index in [0.29, 0.717) is 24.9 Å². The van der Waals surface area contributed by atoms with Crippen LogP contribution in [0.25, 0.3) is 0 Å². The van der Waals surface area contributed by atoms with Crippen LogP contribution in [-0.2, 0) is 33.2 Å². The van der Waals surface area contributed by atoms with E-state index in [0.717, 1.165) is 38.5 Å². The second-order valence-electron chi connectivity index (χ2n) is 22.9. The van der Waals surface area contributed by atoms with Crippen molar-refractivity contribution in [3.63, 3.8) is 0 Å². The first-order valence-electron chi connectivity index (χ1n) is 23.8. The monoisotopic (exact) mass is 897 g/mol. The Bertz CT molecular complexity index is 1720. The van der Waals surface area contributed by atoms with Crippen molar-refractivity contribution < 1.29 is 79.1 Å². The first-order valence-corrected chi connectivity index (χ1v) is 23.8. The molecule has 2 bridgehead atoms. The van der Waals surface area contributed by atoms with Crippen LogP contribution in [0.15, 0.2) is 12.2 Å². The molecule has 4 aliphatic heterocycles. The number of aliphatic hydroxyl groups excluding tert-OH is 9. The lowest BCUT2D eigenvalue weighted by Gasteiger charge is -2.73. The van der Waals surface area contributed by atoms with Crippen molar-refractivity contribution in [3.05, 3.63) is 12.2 Å². The van der Waals surface area contributed by atoms with Gasteiger partial charge >= 0.3 is 0 Å². The Morgan fingerprint density at radius 2 is 1.37 bits per heavy atom. The van der Waals surface area contributed by atoms with Gasteiger partial charge in [-0.2, -0.15) is 0 Å². The Morgan fingerprint density at radius 3 is 2.06 bits per heavy atom. The Morgan fingerprint density at radius 1 is 0.698 bits per heavy atom. The van der Waals surface area contributed by atoms with Crippen molar-refractivity contribution in [1.82, 2.24) is 0 Å². The molecule has 360 valence electrons. The Labute approximate surface area is 371 Å². The van der Waals surface area contributed by atoms with E-state index in [1.807, 2.05) is 0 Å². The highest BCUT2D eigenvalue weighted by molar-refractivity contribution is 5.36. The minimum absolute atomic E-state index is 0.139. The van der Waals surface area contributed by atoms with Gasteiger partial charge in [0.05, 0.1) is 43.7 Å². The molecule has 4 heterocycles. The van der Waals surface area contributed by atoms with Crippen LogP contribution >= 0.6 is 0 Å². The Balaban J connectivity index is 0.978. The Kier molecular flexibility index (Phi) is 12.1. The molecule has 0 aromatic carbocycles. The van der Waals surface area contributed by atoms with Crippen LogP contribution in [0, 0.1) is 56.7 Å². The van der Waals surface area contributed by atoms with Crippen LogP contribution in [0.3, 0.4) is 0 Å². The third kappa shape index (κ3) is 6.58. The zero-order chi connectivity index (χ0) is 45.6. The van der Waals surface area contributed by atoms with E-state index in [1.54, 1.807) is 6.92 Å². The quantitative estimate of drug-likeness (QED) is 0.128. The molecular formula is C47H76O16. The number of hydrogen-bond donors (Lipinski definition) is 9. The molecule has 8 fully saturated rings. The number of allylic oxidation sites excluding steroid dienone is 1. The van der Waals surface area contributed by atoms with Gasteiger partial charge in [0.25, 0.3) is 0 Å². The predicted molar refractivity (Wildman–Crippen MR) is 222 cm³/mol. The van der Waals surface area contributed by atoms with Gasteiger partial charge in [0.1, 0.15) is 61.0 Å². The molecule has 9 rings (SSSR count). The van der Waals surface area contributed by atoms with E-state index in [-0.39, 0.29) is 39.4 Å². The summed E-state index contributed by atoms with van der Waals surface area (Å²) in [5.41, 5.74) is -1.67. The summed E-state index contributed by atoms with van der Waals surface area (Å²) >= 11 is 0. The van der Waals surface area contributed by atoms with Crippen molar-refractivity contribution in [3.8, 4) is 0 Å². The van der Waals surface area contributed by atoms with Crippen LogP contribution in [0.1, 0.15) is 100 Å². The fraction of sp³-hybridized carbons (Fsp3) is 0.957. The highest BCUT2D eigenvalue weighted by Crippen LogP contribution is 2.79. The standard InChI is InChI=1S/C47H76O16/c1-21-9-15-46-20-58-47(38(46)22(21)2)16-11-27-43(6)13-12-29(42(4,5)26(43)10-14-44(27,7)45(47,8)17-28(46)50)61-40-36(33(54)30(51)23(3)59-40)63-41-37(34(55)32(53)25(18-48)60-41)62-39-35(56)31(52)24(49)19-57-39/h11,16,21-41,48-56H,9-10,12-15,17-20H2,1-8H3/t21-,22-,23+,24-,25+,26-,27+,28-,29+,30+,31-,32-,33-,34+,35+,36+,37+,38+,39+,40-,41-,43-,44-,45+,46+,47+/m0/s1. The summed E-state index contributed by atoms with van der Waals surface area (Å²) in [5.74, 6) is 1.64. The molecule has 0 aromatic heterocycles. The third-order valence-electron chi connectivity index (χ3n) is 19.8. The minimum Gasteiger partial charge on any atom is -0.394 e. The molecule has 4 saturated carbocycles. The second-order valence-corrected chi connectivity index (χ2v) is 22.9. The topological polar surface area (TPSA) is 247 Å². The fourth-order valence-corrected chi connectivity index (χ4v) is 15.8. The van der Waals surface area contributed by atoms with Gasteiger partial charge in [-0.3, -0.25) is 0 Å². The molecule has 9 N–H and O–H groups in total. The molecule has 63 heavy (non-hydrogen) atoms. The summed E-state index contributed by atoms with van der Waals surface area (Å²) in [7, 11) is 0. The largest absolute Gasteiger partial charge is 0.394 e. The summed E-state index contributed by atoms with van der Waals surface area (Å²) in [5, 5.41) is 98.1. The van der Waals surface area contributed by atoms with Gasteiger partial charge in [0.2, 0.25) is 0 Å². The van der Waals surface area contributed by atoms with Gasteiger partial charge in [0, 0.05) is 16.7 Å². The summed E-state index contributed by atoms with van der Waals surface area (Å²) in [4.78, 5) is 0. The zero-order valence-corrected chi connectivity index (χ0v) is 38.2. The first-order chi connectivity index (χ1) is 29.5. The smallest absolute Gasteiger partial charge is 0.187 e. The van der Waals surface area contributed by atoms with Crippen LogP contribution in [-0.4, -0.2) is 170 Å². The molecular weight excluding hydrogens is 821 g/mol.